The predicted octanol–water partition coefficient (Wildman–Crippen LogP) is 1.99. The van der Waals surface area contributed by atoms with Crippen molar-refractivity contribution in [2.24, 2.45) is 0 Å². The average Bonchev–Trinajstić information content (AvgIpc) is 2.00. The summed E-state index contributed by atoms with van der Waals surface area (Å²) in [7, 11) is 1.98. The van der Waals surface area contributed by atoms with Crippen LogP contribution in [0.15, 0.2) is 18.2 Å². The molecule has 0 spiro atoms. The zero-order valence-corrected chi connectivity index (χ0v) is 7.43. The van der Waals surface area contributed by atoms with Crippen molar-refractivity contribution in [3.05, 3.63) is 35.4 Å². The summed E-state index contributed by atoms with van der Waals surface area (Å²) in [5.74, 6) is -0.683. The topological polar surface area (TPSA) is 3.24 Å². The standard InChI is InChI=1S/C10H11F2N/c1-13-5-7(6-13)9-3-2-8(11)4-10(9)12/h2-4,7H,5-6H2,1H3. The molecule has 1 aliphatic heterocycles. The molecule has 1 aliphatic rings. The molecule has 1 nitrogen and oxygen atoms in total. The minimum absolute atomic E-state index is 0.241. The zero-order chi connectivity index (χ0) is 9.42. The quantitative estimate of drug-likeness (QED) is 0.643. The second kappa shape index (κ2) is 3.07. The van der Waals surface area contributed by atoms with Crippen molar-refractivity contribution in [1.82, 2.24) is 4.90 Å². The molecule has 0 saturated carbocycles. The van der Waals surface area contributed by atoms with Gasteiger partial charge >= 0.3 is 0 Å². The Bertz CT molecular complexity index is 319. The van der Waals surface area contributed by atoms with E-state index in [4.69, 9.17) is 0 Å². The van der Waals surface area contributed by atoms with Crippen molar-refractivity contribution in [1.29, 1.82) is 0 Å². The zero-order valence-electron chi connectivity index (χ0n) is 7.43. The van der Waals surface area contributed by atoms with Crippen molar-refractivity contribution >= 4 is 0 Å². The Kier molecular flexibility index (Phi) is 2.04. The summed E-state index contributed by atoms with van der Waals surface area (Å²) in [5.41, 5.74) is 0.638. The van der Waals surface area contributed by atoms with E-state index in [1.54, 1.807) is 6.07 Å². The van der Waals surface area contributed by atoms with Gasteiger partial charge in [-0.25, -0.2) is 8.78 Å². The van der Waals surface area contributed by atoms with Crippen LogP contribution in [0, 0.1) is 11.6 Å². The molecule has 0 bridgehead atoms. The first kappa shape index (κ1) is 8.63. The number of likely N-dealkylation sites (tertiary alicyclic amines) is 1. The summed E-state index contributed by atoms with van der Waals surface area (Å²) in [6.07, 6.45) is 0. The second-order valence-corrected chi connectivity index (χ2v) is 3.58. The van der Waals surface area contributed by atoms with Gasteiger partial charge < -0.3 is 4.90 Å². The summed E-state index contributed by atoms with van der Waals surface area (Å²) in [6.45, 7) is 1.73. The van der Waals surface area contributed by atoms with Crippen molar-refractivity contribution in [3.63, 3.8) is 0 Å². The van der Waals surface area contributed by atoms with Gasteiger partial charge in [-0.05, 0) is 18.7 Å². The number of rotatable bonds is 1. The maximum Gasteiger partial charge on any atom is 0.129 e. The lowest BCUT2D eigenvalue weighted by molar-refractivity contribution is 0.186. The minimum atomic E-state index is -0.506. The fraction of sp³-hybridized carbons (Fsp3) is 0.400. The SMILES string of the molecule is CN1CC(c2ccc(F)cc2F)C1. The fourth-order valence-electron chi connectivity index (χ4n) is 1.73. The highest BCUT2D eigenvalue weighted by atomic mass is 19.1. The monoisotopic (exact) mass is 183 g/mol. The number of nitrogens with zero attached hydrogens (tertiary/aromatic N) is 1. The molecule has 0 amide bonds. The maximum absolute atomic E-state index is 13.2. The van der Waals surface area contributed by atoms with Gasteiger partial charge in [0.05, 0.1) is 0 Å². The van der Waals surface area contributed by atoms with Gasteiger partial charge in [0.2, 0.25) is 0 Å². The molecule has 1 aromatic rings. The fourth-order valence-corrected chi connectivity index (χ4v) is 1.73. The molecule has 3 heteroatoms. The third-order valence-corrected chi connectivity index (χ3v) is 2.47. The van der Waals surface area contributed by atoms with E-state index >= 15 is 0 Å². The highest BCUT2D eigenvalue weighted by Crippen LogP contribution is 2.27. The lowest BCUT2D eigenvalue weighted by atomic mass is 9.92. The summed E-state index contributed by atoms with van der Waals surface area (Å²) < 4.78 is 25.7. The lowest BCUT2D eigenvalue weighted by Gasteiger charge is -2.36. The van der Waals surface area contributed by atoms with Crippen LogP contribution in [0.2, 0.25) is 0 Å². The number of halogens is 2. The molecule has 0 atom stereocenters. The number of benzene rings is 1. The Hall–Kier alpha value is -0.960. The Labute approximate surface area is 76.0 Å². The molecular weight excluding hydrogens is 172 g/mol. The van der Waals surface area contributed by atoms with Gasteiger partial charge in [-0.1, -0.05) is 6.07 Å². The van der Waals surface area contributed by atoms with Gasteiger partial charge in [-0.2, -0.15) is 0 Å². The summed E-state index contributed by atoms with van der Waals surface area (Å²) in [4.78, 5) is 2.10. The first-order valence-corrected chi connectivity index (χ1v) is 4.30. The Morgan fingerprint density at radius 3 is 2.54 bits per heavy atom. The molecule has 1 fully saturated rings. The predicted molar refractivity (Wildman–Crippen MR) is 46.6 cm³/mol. The van der Waals surface area contributed by atoms with Crippen LogP contribution in [-0.2, 0) is 0 Å². The minimum Gasteiger partial charge on any atom is -0.305 e. The molecule has 0 radical (unpaired) electrons. The van der Waals surface area contributed by atoms with Gasteiger partial charge in [-0.15, -0.1) is 0 Å². The van der Waals surface area contributed by atoms with E-state index in [1.807, 2.05) is 7.05 Å². The van der Waals surface area contributed by atoms with Crippen molar-refractivity contribution in [3.8, 4) is 0 Å². The molecule has 1 aromatic carbocycles. The highest BCUT2D eigenvalue weighted by molar-refractivity contribution is 5.25. The van der Waals surface area contributed by atoms with Crippen LogP contribution in [0.25, 0.3) is 0 Å². The Balaban J connectivity index is 2.21. The smallest absolute Gasteiger partial charge is 0.129 e. The Morgan fingerprint density at radius 1 is 1.31 bits per heavy atom. The molecule has 0 aromatic heterocycles. The lowest BCUT2D eigenvalue weighted by Crippen LogP contribution is -2.42. The third kappa shape index (κ3) is 1.56. The van der Waals surface area contributed by atoms with E-state index in [0.29, 0.717) is 5.56 Å². The van der Waals surface area contributed by atoms with Crippen molar-refractivity contribution in [2.75, 3.05) is 20.1 Å². The summed E-state index contributed by atoms with van der Waals surface area (Å²) in [5, 5.41) is 0. The van der Waals surface area contributed by atoms with E-state index in [2.05, 4.69) is 4.90 Å². The van der Waals surface area contributed by atoms with Crippen LogP contribution in [0.1, 0.15) is 11.5 Å². The van der Waals surface area contributed by atoms with Crippen molar-refractivity contribution < 1.29 is 8.78 Å². The van der Waals surface area contributed by atoms with Crippen LogP contribution in [0.5, 0.6) is 0 Å². The molecule has 1 heterocycles. The largest absolute Gasteiger partial charge is 0.305 e. The molecular formula is C10H11F2N. The molecule has 2 rings (SSSR count). The maximum atomic E-state index is 13.2. The third-order valence-electron chi connectivity index (χ3n) is 2.47. The van der Waals surface area contributed by atoms with Crippen LogP contribution in [0.4, 0.5) is 8.78 Å². The van der Waals surface area contributed by atoms with E-state index in [-0.39, 0.29) is 5.92 Å². The van der Waals surface area contributed by atoms with Crippen molar-refractivity contribution in [2.45, 2.75) is 5.92 Å². The first-order valence-electron chi connectivity index (χ1n) is 4.30. The number of hydrogen-bond donors (Lipinski definition) is 0. The van der Waals surface area contributed by atoms with Crippen LogP contribution in [-0.4, -0.2) is 25.0 Å². The summed E-state index contributed by atoms with van der Waals surface area (Å²) >= 11 is 0. The van der Waals surface area contributed by atoms with E-state index in [1.165, 1.54) is 6.07 Å². The Morgan fingerprint density at radius 2 is 2.00 bits per heavy atom. The van der Waals surface area contributed by atoms with Gasteiger partial charge in [0.1, 0.15) is 11.6 Å². The second-order valence-electron chi connectivity index (χ2n) is 3.58. The van der Waals surface area contributed by atoms with Gasteiger partial charge in [-0.3, -0.25) is 0 Å². The first-order chi connectivity index (χ1) is 6.16. The molecule has 0 aliphatic carbocycles. The van der Waals surface area contributed by atoms with E-state index < -0.39 is 11.6 Å². The van der Waals surface area contributed by atoms with E-state index in [0.717, 1.165) is 19.2 Å². The molecule has 0 N–H and O–H groups in total. The molecule has 13 heavy (non-hydrogen) atoms. The van der Waals surface area contributed by atoms with Gasteiger partial charge in [0, 0.05) is 25.1 Å². The highest BCUT2D eigenvalue weighted by Gasteiger charge is 2.26. The van der Waals surface area contributed by atoms with Crippen LogP contribution < -0.4 is 0 Å². The average molecular weight is 183 g/mol. The molecule has 1 saturated heterocycles. The van der Waals surface area contributed by atoms with Crippen LogP contribution in [0.3, 0.4) is 0 Å². The summed E-state index contributed by atoms with van der Waals surface area (Å²) in [6, 6.07) is 3.81. The number of likely N-dealkylation sites (N-methyl/N-ethyl adjacent to an activating group) is 1. The molecule has 0 unspecified atom stereocenters. The van der Waals surface area contributed by atoms with E-state index in [9.17, 15) is 8.78 Å². The van der Waals surface area contributed by atoms with Crippen LogP contribution >= 0.6 is 0 Å². The van der Waals surface area contributed by atoms with Gasteiger partial charge in [0.15, 0.2) is 0 Å². The number of hydrogen-bond acceptors (Lipinski definition) is 1. The molecule has 70 valence electrons. The van der Waals surface area contributed by atoms with Gasteiger partial charge in [0.25, 0.3) is 0 Å². The normalized spacial score (nSPS) is 18.7.